The third-order valence-electron chi connectivity index (χ3n) is 2.56. The molecule has 0 spiro atoms. The molecular formula is C13H21NO5. The molecule has 0 N–H and O–H groups in total. The highest BCUT2D eigenvalue weighted by atomic mass is 17.2. The minimum atomic E-state index is -0.841. The number of nitrogens with zero attached hydrogens (tertiary/aromatic N) is 1. The van der Waals surface area contributed by atoms with Crippen LogP contribution in [0, 0.1) is 0 Å². The molecule has 0 fully saturated rings. The lowest BCUT2D eigenvalue weighted by Crippen LogP contribution is -2.47. The van der Waals surface area contributed by atoms with Gasteiger partial charge >= 0.3 is 0 Å². The van der Waals surface area contributed by atoms with Gasteiger partial charge in [-0.3, -0.25) is 14.5 Å². The largest absolute Gasteiger partial charge is 0.351 e. The number of ether oxygens (including phenoxy) is 1. The van der Waals surface area contributed by atoms with E-state index in [1.54, 1.807) is 13.8 Å². The summed E-state index contributed by atoms with van der Waals surface area (Å²) in [6.45, 7) is 8.73. The molecule has 2 atom stereocenters. The van der Waals surface area contributed by atoms with E-state index in [4.69, 9.17) is 14.5 Å². The van der Waals surface area contributed by atoms with Crippen LogP contribution < -0.4 is 0 Å². The average molecular weight is 271 g/mol. The summed E-state index contributed by atoms with van der Waals surface area (Å²) in [5.41, 5.74) is -0.104. The molecule has 0 aromatic heterocycles. The van der Waals surface area contributed by atoms with E-state index in [0.717, 1.165) is 4.90 Å². The Kier molecular flexibility index (Phi) is 4.84. The molecule has 19 heavy (non-hydrogen) atoms. The van der Waals surface area contributed by atoms with Gasteiger partial charge < -0.3 is 4.74 Å². The summed E-state index contributed by atoms with van der Waals surface area (Å²) < 4.78 is 5.14. The maximum Gasteiger partial charge on any atom is 0.256 e. The van der Waals surface area contributed by atoms with Crippen molar-refractivity contribution < 1.29 is 24.1 Å². The zero-order chi connectivity index (χ0) is 14.8. The molecule has 1 aliphatic rings. The Morgan fingerprint density at radius 2 is 1.84 bits per heavy atom. The van der Waals surface area contributed by atoms with Gasteiger partial charge in [0.25, 0.3) is 11.8 Å². The molecule has 2 amide bonds. The fraction of sp³-hybridized carbons (Fsp3) is 0.692. The number of carbonyl (C=O) groups excluding carboxylic acids is 2. The van der Waals surface area contributed by atoms with E-state index >= 15 is 0 Å². The summed E-state index contributed by atoms with van der Waals surface area (Å²) in [5, 5.41) is 0. The summed E-state index contributed by atoms with van der Waals surface area (Å²) in [6, 6.07) is -0.582. The first kappa shape index (κ1) is 15.8. The molecule has 108 valence electrons. The molecule has 1 aliphatic heterocycles. The molecule has 0 aliphatic carbocycles. The lowest BCUT2D eigenvalue weighted by Gasteiger charge is -2.30. The Morgan fingerprint density at radius 1 is 1.26 bits per heavy atom. The highest BCUT2D eigenvalue weighted by molar-refractivity contribution is 6.16. The molecular weight excluding hydrogens is 250 g/mol. The van der Waals surface area contributed by atoms with Crippen molar-refractivity contribution in [2.45, 2.75) is 52.6 Å². The van der Waals surface area contributed by atoms with Crippen molar-refractivity contribution in [3.63, 3.8) is 0 Å². The van der Waals surface area contributed by atoms with Gasteiger partial charge in [0.05, 0.1) is 11.6 Å². The first-order valence-electron chi connectivity index (χ1n) is 6.10. The van der Waals surface area contributed by atoms with Gasteiger partial charge in [-0.2, -0.15) is 0 Å². The Morgan fingerprint density at radius 3 is 2.21 bits per heavy atom. The van der Waals surface area contributed by atoms with Crippen LogP contribution >= 0.6 is 0 Å². The van der Waals surface area contributed by atoms with E-state index < -0.39 is 17.9 Å². The fourth-order valence-corrected chi connectivity index (χ4v) is 1.62. The van der Waals surface area contributed by atoms with Crippen LogP contribution in [0.4, 0.5) is 0 Å². The molecule has 0 radical (unpaired) electrons. The molecule has 0 aromatic carbocycles. The average Bonchev–Trinajstić information content (AvgIpc) is 2.52. The third kappa shape index (κ3) is 3.86. The van der Waals surface area contributed by atoms with Crippen LogP contribution in [0.2, 0.25) is 0 Å². The second-order valence-electron chi connectivity index (χ2n) is 5.48. The number of amides is 2. The Labute approximate surface area is 113 Å². The van der Waals surface area contributed by atoms with E-state index in [0.29, 0.717) is 5.57 Å². The van der Waals surface area contributed by atoms with Crippen molar-refractivity contribution in [1.29, 1.82) is 0 Å². The van der Waals surface area contributed by atoms with Gasteiger partial charge in [-0.1, -0.05) is 0 Å². The van der Waals surface area contributed by atoms with E-state index in [1.807, 2.05) is 20.8 Å². The first-order valence-corrected chi connectivity index (χ1v) is 6.10. The van der Waals surface area contributed by atoms with Crippen molar-refractivity contribution in [3.05, 3.63) is 11.6 Å². The molecule has 0 saturated carbocycles. The van der Waals surface area contributed by atoms with Gasteiger partial charge in [-0.05, 0) is 34.6 Å². The van der Waals surface area contributed by atoms with Crippen molar-refractivity contribution in [2.75, 3.05) is 7.11 Å². The van der Waals surface area contributed by atoms with Crippen LogP contribution in [0.15, 0.2) is 11.6 Å². The van der Waals surface area contributed by atoms with Crippen LogP contribution in [0.1, 0.15) is 34.6 Å². The van der Waals surface area contributed by atoms with Crippen molar-refractivity contribution in [2.24, 2.45) is 0 Å². The van der Waals surface area contributed by atoms with Gasteiger partial charge in [-0.15, -0.1) is 0 Å². The standard InChI is InChI=1S/C13H21NO5/c1-8-7-10(15)14(11(8)16)9(2)12(17-6)18-19-13(3,4)5/h7,9,12H,1-6H3. The summed E-state index contributed by atoms with van der Waals surface area (Å²) in [5.74, 6) is -0.699. The zero-order valence-electron chi connectivity index (χ0n) is 12.2. The molecule has 1 rings (SSSR count). The third-order valence-corrected chi connectivity index (χ3v) is 2.56. The summed E-state index contributed by atoms with van der Waals surface area (Å²) in [6.07, 6.45) is 0.460. The molecule has 0 aromatic rings. The van der Waals surface area contributed by atoms with Crippen LogP contribution in [0.3, 0.4) is 0 Å². The van der Waals surface area contributed by atoms with Gasteiger partial charge in [-0.25, -0.2) is 9.78 Å². The highest BCUT2D eigenvalue weighted by Gasteiger charge is 2.37. The highest BCUT2D eigenvalue weighted by Crippen LogP contribution is 2.20. The van der Waals surface area contributed by atoms with Crippen LogP contribution in [-0.4, -0.2) is 41.8 Å². The molecule has 1 heterocycles. The van der Waals surface area contributed by atoms with Gasteiger partial charge in [0.1, 0.15) is 0 Å². The van der Waals surface area contributed by atoms with Gasteiger partial charge in [0.15, 0.2) is 0 Å². The monoisotopic (exact) mass is 271 g/mol. The summed E-state index contributed by atoms with van der Waals surface area (Å²) >= 11 is 0. The lowest BCUT2D eigenvalue weighted by molar-refractivity contribution is -0.418. The van der Waals surface area contributed by atoms with Gasteiger partial charge in [0, 0.05) is 18.8 Å². The minimum absolute atomic E-state index is 0.334. The lowest BCUT2D eigenvalue weighted by atomic mass is 10.2. The van der Waals surface area contributed by atoms with Crippen LogP contribution in [-0.2, 0) is 24.1 Å². The number of hydrogen-bond acceptors (Lipinski definition) is 5. The number of imide groups is 1. The number of rotatable bonds is 5. The molecule has 6 heteroatoms. The zero-order valence-corrected chi connectivity index (χ0v) is 12.2. The topological polar surface area (TPSA) is 65.1 Å². The predicted molar refractivity (Wildman–Crippen MR) is 67.8 cm³/mol. The number of carbonyl (C=O) groups is 2. The quantitative estimate of drug-likeness (QED) is 0.327. The summed E-state index contributed by atoms with van der Waals surface area (Å²) in [7, 11) is 1.43. The van der Waals surface area contributed by atoms with Crippen molar-refractivity contribution in [1.82, 2.24) is 4.90 Å². The maximum absolute atomic E-state index is 11.9. The van der Waals surface area contributed by atoms with Crippen LogP contribution in [0.5, 0.6) is 0 Å². The Bertz CT molecular complexity index is 396. The minimum Gasteiger partial charge on any atom is -0.351 e. The molecule has 2 unspecified atom stereocenters. The number of hydrogen-bond donors (Lipinski definition) is 0. The second kappa shape index (κ2) is 5.81. The van der Waals surface area contributed by atoms with E-state index in [-0.39, 0.29) is 11.8 Å². The molecule has 0 bridgehead atoms. The molecule has 6 nitrogen and oxygen atoms in total. The van der Waals surface area contributed by atoms with Crippen molar-refractivity contribution in [3.8, 4) is 0 Å². The smallest absolute Gasteiger partial charge is 0.256 e. The first-order chi connectivity index (χ1) is 8.67. The van der Waals surface area contributed by atoms with Crippen molar-refractivity contribution >= 4 is 11.8 Å². The van der Waals surface area contributed by atoms with E-state index in [2.05, 4.69) is 0 Å². The van der Waals surface area contributed by atoms with Crippen LogP contribution in [0.25, 0.3) is 0 Å². The number of methoxy groups -OCH3 is 1. The summed E-state index contributed by atoms with van der Waals surface area (Å²) in [4.78, 5) is 35.0. The Hall–Kier alpha value is -1.24. The van der Waals surface area contributed by atoms with E-state index in [9.17, 15) is 9.59 Å². The predicted octanol–water partition coefficient (Wildman–Crippen LogP) is 1.41. The molecule has 0 saturated heterocycles. The second-order valence-corrected chi connectivity index (χ2v) is 5.48. The SMILES string of the molecule is COC(OOC(C)(C)C)C(C)N1C(=O)C=C(C)C1=O. The normalized spacial score (nSPS) is 19.7. The fourth-order valence-electron chi connectivity index (χ4n) is 1.62. The van der Waals surface area contributed by atoms with Gasteiger partial charge in [0.2, 0.25) is 6.29 Å². The Balaban J connectivity index is 2.72. The maximum atomic E-state index is 11.9. The van der Waals surface area contributed by atoms with E-state index in [1.165, 1.54) is 13.2 Å².